The molecule has 0 heterocycles. The largest absolute Gasteiger partial charge is 0.383 e. The number of ether oxygens (including phenoxy) is 1. The molecule has 10 heteroatoms. The van der Waals surface area contributed by atoms with Gasteiger partial charge in [-0.15, -0.1) is 0 Å². The molecule has 6 nitrogen and oxygen atoms in total. The van der Waals surface area contributed by atoms with Gasteiger partial charge in [-0.3, -0.25) is 4.79 Å². The average molecular weight is 463 g/mol. The van der Waals surface area contributed by atoms with E-state index in [0.29, 0.717) is 5.02 Å². The van der Waals surface area contributed by atoms with Crippen molar-refractivity contribution in [2.75, 3.05) is 20.3 Å². The first-order valence-corrected chi connectivity index (χ1v) is 10.8. The molecule has 0 unspecified atom stereocenters. The molecule has 1 atom stereocenters. The molecule has 2 aromatic rings. The molecule has 29 heavy (non-hydrogen) atoms. The number of carbonyl (C=O) groups is 1. The molecule has 0 saturated heterocycles. The van der Waals surface area contributed by atoms with Gasteiger partial charge in [0, 0.05) is 35.3 Å². The highest BCUT2D eigenvalue weighted by Crippen LogP contribution is 2.25. The Labute approximate surface area is 179 Å². The first kappa shape index (κ1) is 23.6. The number of benzene rings is 2. The van der Waals surface area contributed by atoms with E-state index in [1.54, 1.807) is 6.92 Å². The van der Waals surface area contributed by atoms with Crippen LogP contribution < -0.4 is 5.32 Å². The van der Waals surface area contributed by atoms with Gasteiger partial charge in [0.1, 0.15) is 5.82 Å². The second-order valence-electron chi connectivity index (χ2n) is 6.35. The summed E-state index contributed by atoms with van der Waals surface area (Å²) in [5.41, 5.74) is -0.0237. The predicted molar refractivity (Wildman–Crippen MR) is 110 cm³/mol. The van der Waals surface area contributed by atoms with E-state index in [2.05, 4.69) is 5.32 Å². The van der Waals surface area contributed by atoms with E-state index in [9.17, 15) is 17.6 Å². The first-order valence-electron chi connectivity index (χ1n) is 8.62. The number of halogens is 3. The first-order chi connectivity index (χ1) is 13.6. The highest BCUT2D eigenvalue weighted by Gasteiger charge is 2.29. The molecule has 0 fully saturated rings. The normalized spacial score (nSPS) is 12.8. The van der Waals surface area contributed by atoms with Crippen LogP contribution in [0.4, 0.5) is 4.39 Å². The van der Waals surface area contributed by atoms with Crippen molar-refractivity contribution in [3.05, 3.63) is 63.9 Å². The Kier molecular flexibility index (Phi) is 8.42. The number of hydrogen-bond acceptors (Lipinski definition) is 4. The SMILES string of the molecule is COC[C@@H](C)NC(=O)CN(Cc1c(F)cccc1Cl)S(=O)(=O)c1ccc(Cl)cc1. The third kappa shape index (κ3) is 6.38. The summed E-state index contributed by atoms with van der Waals surface area (Å²) in [4.78, 5) is 12.3. The molecule has 0 aliphatic heterocycles. The van der Waals surface area contributed by atoms with Crippen LogP contribution in [-0.4, -0.2) is 44.9 Å². The molecule has 2 rings (SSSR count). The lowest BCUT2D eigenvalue weighted by atomic mass is 10.2. The number of amides is 1. The molecule has 0 spiro atoms. The van der Waals surface area contributed by atoms with Crippen molar-refractivity contribution in [3.8, 4) is 0 Å². The number of sulfonamides is 1. The summed E-state index contributed by atoms with van der Waals surface area (Å²) in [6.07, 6.45) is 0. The van der Waals surface area contributed by atoms with Gasteiger partial charge in [-0.25, -0.2) is 12.8 Å². The molecule has 0 bridgehead atoms. The molecule has 0 aromatic heterocycles. The summed E-state index contributed by atoms with van der Waals surface area (Å²) in [6.45, 7) is 1.04. The van der Waals surface area contributed by atoms with Gasteiger partial charge in [-0.05, 0) is 43.3 Å². The van der Waals surface area contributed by atoms with Crippen LogP contribution in [-0.2, 0) is 26.1 Å². The minimum absolute atomic E-state index is 0.0237. The van der Waals surface area contributed by atoms with Crippen molar-refractivity contribution in [3.63, 3.8) is 0 Å². The lowest BCUT2D eigenvalue weighted by Gasteiger charge is -2.23. The van der Waals surface area contributed by atoms with Gasteiger partial charge in [0.05, 0.1) is 18.0 Å². The fourth-order valence-corrected chi connectivity index (χ4v) is 4.33. The second-order valence-corrected chi connectivity index (χ2v) is 9.13. The van der Waals surface area contributed by atoms with Gasteiger partial charge < -0.3 is 10.1 Å². The van der Waals surface area contributed by atoms with Crippen LogP contribution in [0.1, 0.15) is 12.5 Å². The van der Waals surface area contributed by atoms with Crippen LogP contribution in [0.5, 0.6) is 0 Å². The second kappa shape index (κ2) is 10.4. The predicted octanol–water partition coefficient (Wildman–Crippen LogP) is 3.47. The summed E-state index contributed by atoms with van der Waals surface area (Å²) in [5, 5.41) is 3.07. The number of nitrogens with zero attached hydrogens (tertiary/aromatic N) is 1. The molecule has 1 amide bonds. The van der Waals surface area contributed by atoms with E-state index < -0.39 is 34.8 Å². The van der Waals surface area contributed by atoms with E-state index in [4.69, 9.17) is 27.9 Å². The van der Waals surface area contributed by atoms with Crippen LogP contribution in [0.3, 0.4) is 0 Å². The Morgan fingerprint density at radius 2 is 1.86 bits per heavy atom. The summed E-state index contributed by atoms with van der Waals surface area (Å²) < 4.78 is 46.4. The van der Waals surface area contributed by atoms with Gasteiger partial charge in [-0.1, -0.05) is 29.3 Å². The van der Waals surface area contributed by atoms with E-state index in [1.807, 2.05) is 0 Å². The molecule has 2 aromatic carbocycles. The number of methoxy groups -OCH3 is 1. The minimum Gasteiger partial charge on any atom is -0.383 e. The third-order valence-electron chi connectivity index (χ3n) is 3.99. The molecule has 1 N–H and O–H groups in total. The van der Waals surface area contributed by atoms with E-state index in [1.165, 1.54) is 49.6 Å². The molecular formula is C19H21Cl2FN2O4S. The Morgan fingerprint density at radius 3 is 2.45 bits per heavy atom. The number of hydrogen-bond donors (Lipinski definition) is 1. The molecule has 0 saturated carbocycles. The smallest absolute Gasteiger partial charge is 0.243 e. The van der Waals surface area contributed by atoms with Crippen LogP contribution in [0.15, 0.2) is 47.4 Å². The quantitative estimate of drug-likeness (QED) is 0.618. The summed E-state index contributed by atoms with van der Waals surface area (Å²) in [7, 11) is -2.65. The molecule has 0 aliphatic rings. The van der Waals surface area contributed by atoms with Crippen LogP contribution in [0.25, 0.3) is 0 Å². The Hall–Kier alpha value is -1.71. The Balaban J connectivity index is 2.36. The zero-order valence-electron chi connectivity index (χ0n) is 15.9. The maximum Gasteiger partial charge on any atom is 0.243 e. The highest BCUT2D eigenvalue weighted by atomic mass is 35.5. The van der Waals surface area contributed by atoms with Gasteiger partial charge >= 0.3 is 0 Å². The number of nitrogens with one attached hydrogen (secondary N) is 1. The third-order valence-corrected chi connectivity index (χ3v) is 6.40. The Bertz CT molecular complexity index is 935. The van der Waals surface area contributed by atoms with Crippen LogP contribution in [0, 0.1) is 5.82 Å². The molecule has 0 radical (unpaired) electrons. The lowest BCUT2D eigenvalue weighted by molar-refractivity contribution is -0.122. The maximum atomic E-state index is 14.3. The van der Waals surface area contributed by atoms with Crippen molar-refractivity contribution >= 4 is 39.1 Å². The maximum absolute atomic E-state index is 14.3. The standard InChI is InChI=1S/C19H21Cl2FN2O4S/c1-13(12-28-2)23-19(25)11-24(10-16-17(21)4-3-5-18(16)22)29(26,27)15-8-6-14(20)7-9-15/h3-9,13H,10-12H2,1-2H3,(H,23,25)/t13-/m1/s1. The zero-order valence-corrected chi connectivity index (χ0v) is 18.2. The molecular weight excluding hydrogens is 442 g/mol. The average Bonchev–Trinajstić information content (AvgIpc) is 2.64. The summed E-state index contributed by atoms with van der Waals surface area (Å²) in [5.74, 6) is -1.22. The van der Waals surface area contributed by atoms with Crippen LogP contribution >= 0.6 is 23.2 Å². The van der Waals surface area contributed by atoms with Gasteiger partial charge in [0.15, 0.2) is 0 Å². The lowest BCUT2D eigenvalue weighted by Crippen LogP contribution is -2.44. The topological polar surface area (TPSA) is 75.7 Å². The van der Waals surface area contributed by atoms with Crippen molar-refractivity contribution < 1.29 is 22.3 Å². The molecule has 0 aliphatic carbocycles. The molecule has 158 valence electrons. The fraction of sp³-hybridized carbons (Fsp3) is 0.316. The van der Waals surface area contributed by atoms with E-state index in [0.717, 1.165) is 4.31 Å². The van der Waals surface area contributed by atoms with Crippen LogP contribution in [0.2, 0.25) is 10.0 Å². The monoisotopic (exact) mass is 462 g/mol. The van der Waals surface area contributed by atoms with E-state index in [-0.39, 0.29) is 28.1 Å². The summed E-state index contributed by atoms with van der Waals surface area (Å²) in [6, 6.07) is 9.19. The zero-order chi connectivity index (χ0) is 21.6. The minimum atomic E-state index is -4.14. The van der Waals surface area contributed by atoms with Gasteiger partial charge in [-0.2, -0.15) is 4.31 Å². The van der Waals surface area contributed by atoms with Crippen molar-refractivity contribution in [1.82, 2.24) is 9.62 Å². The number of carbonyl (C=O) groups excluding carboxylic acids is 1. The number of rotatable bonds is 9. The van der Waals surface area contributed by atoms with E-state index >= 15 is 0 Å². The van der Waals surface area contributed by atoms with Gasteiger partial charge in [0.25, 0.3) is 0 Å². The Morgan fingerprint density at radius 1 is 1.21 bits per heavy atom. The fourth-order valence-electron chi connectivity index (χ4n) is 2.61. The van der Waals surface area contributed by atoms with Crippen molar-refractivity contribution in [2.45, 2.75) is 24.4 Å². The highest BCUT2D eigenvalue weighted by molar-refractivity contribution is 7.89. The van der Waals surface area contributed by atoms with Gasteiger partial charge in [0.2, 0.25) is 15.9 Å². The van der Waals surface area contributed by atoms with Crippen molar-refractivity contribution in [1.29, 1.82) is 0 Å². The summed E-state index contributed by atoms with van der Waals surface area (Å²) >= 11 is 11.9. The van der Waals surface area contributed by atoms with Crippen molar-refractivity contribution in [2.24, 2.45) is 0 Å².